The van der Waals surface area contributed by atoms with Gasteiger partial charge in [-0.15, -0.1) is 0 Å². The van der Waals surface area contributed by atoms with Crippen molar-refractivity contribution in [1.82, 2.24) is 15.0 Å². The molecule has 2 aromatic rings. The van der Waals surface area contributed by atoms with Crippen LogP contribution in [0.15, 0.2) is 29.4 Å². The smallest absolute Gasteiger partial charge is 0.234 e. The van der Waals surface area contributed by atoms with Crippen molar-refractivity contribution in [3.63, 3.8) is 0 Å². The molecule has 0 spiro atoms. The maximum atomic E-state index is 11.8. The van der Waals surface area contributed by atoms with Gasteiger partial charge in [0.25, 0.3) is 0 Å². The van der Waals surface area contributed by atoms with Gasteiger partial charge >= 0.3 is 0 Å². The average Bonchev–Trinajstić information content (AvgIpc) is 2.35. The van der Waals surface area contributed by atoms with Crippen LogP contribution < -0.4 is 16.8 Å². The first-order valence-electron chi connectivity index (χ1n) is 5.79. The van der Waals surface area contributed by atoms with Crippen molar-refractivity contribution in [2.75, 3.05) is 22.5 Å². The standard InChI is InChI=1S/C12H14N6OS/c1-7-3-2-4-8(5-7)15-9(19)6-20-12-17-10(13)16-11(14)18-12/h2-5H,6H2,1H3,(H,15,19)(H4,13,14,16,17,18). The first-order chi connectivity index (χ1) is 9.52. The number of benzene rings is 1. The second-order valence-corrected chi connectivity index (χ2v) is 4.98. The molecular formula is C12H14N6OS. The molecule has 1 heterocycles. The van der Waals surface area contributed by atoms with Crippen LogP contribution in [0.2, 0.25) is 0 Å². The third kappa shape index (κ3) is 4.09. The van der Waals surface area contributed by atoms with Crippen molar-refractivity contribution >= 4 is 35.3 Å². The van der Waals surface area contributed by atoms with Gasteiger partial charge < -0.3 is 16.8 Å². The summed E-state index contributed by atoms with van der Waals surface area (Å²) < 4.78 is 0. The number of aryl methyl sites for hydroxylation is 1. The summed E-state index contributed by atoms with van der Waals surface area (Å²) in [5, 5.41) is 3.12. The Balaban J connectivity index is 1.92. The van der Waals surface area contributed by atoms with Crippen LogP contribution in [0.4, 0.5) is 17.6 Å². The van der Waals surface area contributed by atoms with Crippen LogP contribution in [0.1, 0.15) is 5.56 Å². The summed E-state index contributed by atoms with van der Waals surface area (Å²) in [4.78, 5) is 23.2. The third-order valence-corrected chi connectivity index (χ3v) is 3.13. The normalized spacial score (nSPS) is 10.2. The topological polar surface area (TPSA) is 120 Å². The van der Waals surface area contributed by atoms with E-state index in [1.165, 1.54) is 0 Å². The van der Waals surface area contributed by atoms with Crippen molar-refractivity contribution < 1.29 is 4.79 Å². The Morgan fingerprint density at radius 3 is 2.60 bits per heavy atom. The zero-order valence-electron chi connectivity index (χ0n) is 10.8. The van der Waals surface area contributed by atoms with E-state index in [9.17, 15) is 4.79 Å². The molecule has 0 saturated carbocycles. The van der Waals surface area contributed by atoms with Gasteiger partial charge in [0.2, 0.25) is 17.8 Å². The molecule has 1 amide bonds. The lowest BCUT2D eigenvalue weighted by atomic mass is 10.2. The molecule has 1 aromatic carbocycles. The largest absolute Gasteiger partial charge is 0.368 e. The lowest BCUT2D eigenvalue weighted by Crippen LogP contribution is -2.14. The number of hydrogen-bond acceptors (Lipinski definition) is 7. The number of hydrogen-bond donors (Lipinski definition) is 3. The van der Waals surface area contributed by atoms with Gasteiger partial charge in [-0.3, -0.25) is 4.79 Å². The van der Waals surface area contributed by atoms with Gasteiger partial charge in [0.1, 0.15) is 0 Å². The summed E-state index contributed by atoms with van der Waals surface area (Å²) in [6.07, 6.45) is 0. The van der Waals surface area contributed by atoms with Gasteiger partial charge in [-0.05, 0) is 24.6 Å². The number of nitrogens with one attached hydrogen (secondary N) is 1. The Hall–Kier alpha value is -2.35. The second kappa shape index (κ2) is 6.20. The highest BCUT2D eigenvalue weighted by Crippen LogP contribution is 2.15. The number of carbonyl (C=O) groups excluding carboxylic acids is 1. The van der Waals surface area contributed by atoms with Gasteiger partial charge in [0.15, 0.2) is 5.16 Å². The number of nitrogens with zero attached hydrogens (tertiary/aromatic N) is 3. The molecule has 8 heteroatoms. The van der Waals surface area contributed by atoms with E-state index in [1.807, 2.05) is 31.2 Å². The molecule has 0 bridgehead atoms. The average molecular weight is 290 g/mol. The van der Waals surface area contributed by atoms with E-state index in [4.69, 9.17) is 11.5 Å². The Kier molecular flexibility index (Phi) is 4.36. The first-order valence-corrected chi connectivity index (χ1v) is 6.78. The highest BCUT2D eigenvalue weighted by Gasteiger charge is 2.07. The van der Waals surface area contributed by atoms with Crippen LogP contribution in [0.3, 0.4) is 0 Å². The molecule has 5 N–H and O–H groups in total. The number of nitrogen functional groups attached to an aromatic ring is 2. The van der Waals surface area contributed by atoms with Crippen molar-refractivity contribution in [2.24, 2.45) is 0 Å². The van der Waals surface area contributed by atoms with Gasteiger partial charge in [-0.1, -0.05) is 23.9 Å². The quantitative estimate of drug-likeness (QED) is 0.720. The van der Waals surface area contributed by atoms with E-state index in [1.54, 1.807) is 0 Å². The Morgan fingerprint density at radius 1 is 1.25 bits per heavy atom. The summed E-state index contributed by atoms with van der Waals surface area (Å²) in [7, 11) is 0. The second-order valence-electron chi connectivity index (χ2n) is 4.04. The molecule has 20 heavy (non-hydrogen) atoms. The summed E-state index contributed by atoms with van der Waals surface area (Å²) in [5.41, 5.74) is 12.7. The van der Waals surface area contributed by atoms with Crippen LogP contribution in [-0.2, 0) is 4.79 Å². The Labute approximate surface area is 120 Å². The molecular weight excluding hydrogens is 276 g/mol. The highest BCUT2D eigenvalue weighted by molar-refractivity contribution is 7.99. The van der Waals surface area contributed by atoms with Gasteiger partial charge in [0.05, 0.1) is 5.75 Å². The molecule has 2 rings (SSSR count). The summed E-state index contributed by atoms with van der Waals surface area (Å²) in [6, 6.07) is 7.56. The molecule has 7 nitrogen and oxygen atoms in total. The van der Waals surface area contributed by atoms with E-state index in [-0.39, 0.29) is 23.6 Å². The molecule has 1 aromatic heterocycles. The van der Waals surface area contributed by atoms with Crippen molar-refractivity contribution in [2.45, 2.75) is 12.1 Å². The lowest BCUT2D eigenvalue weighted by molar-refractivity contribution is -0.113. The molecule has 0 aliphatic carbocycles. The number of nitrogens with two attached hydrogens (primary N) is 2. The monoisotopic (exact) mass is 290 g/mol. The number of aromatic nitrogens is 3. The van der Waals surface area contributed by atoms with E-state index in [0.29, 0.717) is 5.16 Å². The predicted molar refractivity (Wildman–Crippen MR) is 79.2 cm³/mol. The maximum Gasteiger partial charge on any atom is 0.234 e. The fourth-order valence-electron chi connectivity index (χ4n) is 1.50. The van der Waals surface area contributed by atoms with Crippen molar-refractivity contribution in [3.8, 4) is 0 Å². The minimum Gasteiger partial charge on any atom is -0.368 e. The summed E-state index contributed by atoms with van der Waals surface area (Å²) in [5.74, 6) is 0.0907. The SMILES string of the molecule is Cc1cccc(NC(=O)CSc2nc(N)nc(N)n2)c1. The van der Waals surface area contributed by atoms with Crippen LogP contribution >= 0.6 is 11.8 Å². The van der Waals surface area contributed by atoms with E-state index in [0.717, 1.165) is 23.0 Å². The summed E-state index contributed by atoms with van der Waals surface area (Å²) in [6.45, 7) is 1.96. The highest BCUT2D eigenvalue weighted by atomic mass is 32.2. The third-order valence-electron chi connectivity index (χ3n) is 2.28. The Bertz CT molecular complexity index is 613. The Morgan fingerprint density at radius 2 is 1.95 bits per heavy atom. The molecule has 0 aliphatic heterocycles. The number of rotatable bonds is 4. The molecule has 104 valence electrons. The van der Waals surface area contributed by atoms with Crippen LogP contribution in [0, 0.1) is 6.92 Å². The fraction of sp³-hybridized carbons (Fsp3) is 0.167. The molecule has 0 aliphatic rings. The number of amides is 1. The van der Waals surface area contributed by atoms with Gasteiger partial charge in [-0.2, -0.15) is 15.0 Å². The minimum atomic E-state index is -0.154. The van der Waals surface area contributed by atoms with Gasteiger partial charge in [0, 0.05) is 5.69 Å². The van der Waals surface area contributed by atoms with Crippen LogP contribution in [0.5, 0.6) is 0 Å². The first kappa shape index (κ1) is 14.1. The van der Waals surface area contributed by atoms with Crippen LogP contribution in [0.25, 0.3) is 0 Å². The van der Waals surface area contributed by atoms with E-state index >= 15 is 0 Å². The lowest BCUT2D eigenvalue weighted by Gasteiger charge is -2.05. The van der Waals surface area contributed by atoms with Crippen molar-refractivity contribution in [1.29, 1.82) is 0 Å². The minimum absolute atomic E-state index is 0.0408. The predicted octanol–water partition coefficient (Wildman–Crippen LogP) is 1.08. The number of thioether (sulfide) groups is 1. The zero-order valence-corrected chi connectivity index (χ0v) is 11.6. The van der Waals surface area contributed by atoms with Crippen LogP contribution in [-0.4, -0.2) is 26.6 Å². The number of anilines is 3. The number of carbonyl (C=O) groups is 1. The molecule has 0 unspecified atom stereocenters. The molecule has 0 saturated heterocycles. The molecule has 0 fully saturated rings. The van der Waals surface area contributed by atoms with E-state index in [2.05, 4.69) is 20.3 Å². The van der Waals surface area contributed by atoms with Gasteiger partial charge in [-0.25, -0.2) is 0 Å². The fourth-order valence-corrected chi connectivity index (χ4v) is 2.15. The molecule has 0 atom stereocenters. The maximum absolute atomic E-state index is 11.8. The van der Waals surface area contributed by atoms with E-state index < -0.39 is 0 Å². The summed E-state index contributed by atoms with van der Waals surface area (Å²) >= 11 is 1.15. The van der Waals surface area contributed by atoms with Crippen molar-refractivity contribution in [3.05, 3.63) is 29.8 Å². The molecule has 0 radical (unpaired) electrons. The zero-order chi connectivity index (χ0) is 14.5.